The van der Waals surface area contributed by atoms with E-state index in [1.165, 1.54) is 24.3 Å². The molecule has 7 heteroatoms. The number of amides is 3. The molecule has 1 aromatic rings. The summed E-state index contributed by atoms with van der Waals surface area (Å²) in [6.07, 6.45) is 0.670. The molecule has 3 amide bonds. The smallest absolute Gasteiger partial charge is 0.321 e. The number of urea groups is 1. The lowest BCUT2D eigenvalue weighted by Gasteiger charge is -2.06. The molecule has 0 aromatic heterocycles. The van der Waals surface area contributed by atoms with E-state index in [2.05, 4.69) is 5.32 Å². The summed E-state index contributed by atoms with van der Waals surface area (Å²) in [5.41, 5.74) is 0.572. The Kier molecular flexibility index (Phi) is 6.86. The van der Waals surface area contributed by atoms with Crippen LogP contribution in [-0.2, 0) is 20.7 Å². The summed E-state index contributed by atoms with van der Waals surface area (Å²) in [6.45, 7) is 1.78. The third kappa shape index (κ3) is 7.05. The molecule has 0 atom stereocenters. The molecule has 0 saturated heterocycles. The maximum Gasteiger partial charge on any atom is 0.321 e. The van der Waals surface area contributed by atoms with E-state index >= 15 is 0 Å². The Morgan fingerprint density at radius 3 is 2.48 bits per heavy atom. The molecular formula is C14H17FN2O4. The van der Waals surface area contributed by atoms with Gasteiger partial charge in [-0.3, -0.25) is 14.9 Å². The van der Waals surface area contributed by atoms with Gasteiger partial charge in [-0.05, 0) is 24.1 Å². The van der Waals surface area contributed by atoms with Crippen molar-refractivity contribution in [3.8, 4) is 0 Å². The average Bonchev–Trinajstić information content (AvgIpc) is 2.45. The second kappa shape index (κ2) is 8.68. The highest BCUT2D eigenvalue weighted by atomic mass is 19.1. The van der Waals surface area contributed by atoms with E-state index in [-0.39, 0.29) is 6.42 Å². The average molecular weight is 296 g/mol. The first-order valence-electron chi connectivity index (χ1n) is 6.49. The van der Waals surface area contributed by atoms with Crippen molar-refractivity contribution >= 4 is 17.9 Å². The Bertz CT molecular complexity index is 502. The highest BCUT2D eigenvalue weighted by molar-refractivity contribution is 5.95. The lowest BCUT2D eigenvalue weighted by atomic mass is 10.1. The van der Waals surface area contributed by atoms with Gasteiger partial charge in [0.2, 0.25) is 0 Å². The van der Waals surface area contributed by atoms with Gasteiger partial charge in [-0.15, -0.1) is 0 Å². The molecule has 2 N–H and O–H groups in total. The summed E-state index contributed by atoms with van der Waals surface area (Å²) in [6, 6.07) is 4.74. The van der Waals surface area contributed by atoms with E-state index in [1.807, 2.05) is 12.2 Å². The zero-order valence-electron chi connectivity index (χ0n) is 11.6. The summed E-state index contributed by atoms with van der Waals surface area (Å²) in [5.74, 6) is -1.74. The third-order valence-corrected chi connectivity index (χ3v) is 2.41. The van der Waals surface area contributed by atoms with Gasteiger partial charge < -0.3 is 10.1 Å². The standard InChI is InChI=1S/C14H17FN2O4/c1-2-7-16-14(20)17-12(18)9-21-13(19)8-10-3-5-11(15)6-4-10/h3-6H,2,7-9H2,1H3,(H2,16,17,18,20). The molecule has 0 heterocycles. The van der Waals surface area contributed by atoms with Gasteiger partial charge in [0.15, 0.2) is 6.61 Å². The van der Waals surface area contributed by atoms with Crippen LogP contribution < -0.4 is 10.6 Å². The van der Waals surface area contributed by atoms with Crippen molar-refractivity contribution in [3.63, 3.8) is 0 Å². The van der Waals surface area contributed by atoms with Crippen molar-refractivity contribution in [2.24, 2.45) is 0 Å². The lowest BCUT2D eigenvalue weighted by molar-refractivity contribution is -0.147. The van der Waals surface area contributed by atoms with Crippen molar-refractivity contribution in [3.05, 3.63) is 35.6 Å². The second-order valence-electron chi connectivity index (χ2n) is 4.27. The summed E-state index contributed by atoms with van der Waals surface area (Å²) >= 11 is 0. The predicted octanol–water partition coefficient (Wildman–Crippen LogP) is 1.15. The number of benzene rings is 1. The summed E-state index contributed by atoms with van der Waals surface area (Å²) < 4.78 is 17.4. The molecule has 0 aliphatic carbocycles. The molecular weight excluding hydrogens is 279 g/mol. The van der Waals surface area contributed by atoms with E-state index in [1.54, 1.807) is 0 Å². The van der Waals surface area contributed by atoms with E-state index in [9.17, 15) is 18.8 Å². The quantitative estimate of drug-likeness (QED) is 0.771. The Labute approximate surface area is 121 Å². The molecule has 1 rings (SSSR count). The number of nitrogens with one attached hydrogen (secondary N) is 2. The van der Waals surface area contributed by atoms with Gasteiger partial charge in [0.05, 0.1) is 6.42 Å². The zero-order valence-corrected chi connectivity index (χ0v) is 11.6. The van der Waals surface area contributed by atoms with E-state index in [0.29, 0.717) is 12.1 Å². The fourth-order valence-electron chi connectivity index (χ4n) is 1.41. The minimum Gasteiger partial charge on any atom is -0.455 e. The Balaban J connectivity index is 2.27. The maximum absolute atomic E-state index is 12.7. The number of hydrogen-bond donors (Lipinski definition) is 2. The minimum atomic E-state index is -0.712. The molecule has 0 radical (unpaired) electrons. The number of carbonyl (C=O) groups excluding carboxylic acids is 3. The van der Waals surface area contributed by atoms with Crippen LogP contribution in [0.3, 0.4) is 0 Å². The monoisotopic (exact) mass is 296 g/mol. The van der Waals surface area contributed by atoms with Crippen LogP contribution in [-0.4, -0.2) is 31.1 Å². The highest BCUT2D eigenvalue weighted by Crippen LogP contribution is 2.04. The molecule has 6 nitrogen and oxygen atoms in total. The SMILES string of the molecule is CCCNC(=O)NC(=O)COC(=O)Cc1ccc(F)cc1. The molecule has 0 aliphatic rings. The Morgan fingerprint density at radius 1 is 1.19 bits per heavy atom. The molecule has 0 aliphatic heterocycles. The van der Waals surface area contributed by atoms with Gasteiger partial charge in [-0.1, -0.05) is 19.1 Å². The number of rotatable bonds is 6. The number of imide groups is 1. The van der Waals surface area contributed by atoms with Gasteiger partial charge in [0.1, 0.15) is 5.82 Å². The summed E-state index contributed by atoms with van der Waals surface area (Å²) in [5, 5.41) is 4.47. The molecule has 0 fully saturated rings. The first-order valence-corrected chi connectivity index (χ1v) is 6.49. The largest absolute Gasteiger partial charge is 0.455 e. The predicted molar refractivity (Wildman–Crippen MR) is 72.9 cm³/mol. The van der Waals surface area contributed by atoms with Crippen molar-refractivity contribution < 1.29 is 23.5 Å². The molecule has 1 aromatic carbocycles. The molecule has 21 heavy (non-hydrogen) atoms. The van der Waals surface area contributed by atoms with Crippen LogP contribution in [0.1, 0.15) is 18.9 Å². The number of esters is 1. The van der Waals surface area contributed by atoms with E-state index in [0.717, 1.165) is 6.42 Å². The minimum absolute atomic E-state index is 0.0738. The summed E-state index contributed by atoms with van der Waals surface area (Å²) in [7, 11) is 0. The van der Waals surface area contributed by atoms with Crippen LogP contribution in [0.25, 0.3) is 0 Å². The summed E-state index contributed by atoms with van der Waals surface area (Å²) in [4.78, 5) is 33.9. The Hall–Kier alpha value is -2.44. The molecule has 0 spiro atoms. The number of carbonyl (C=O) groups is 3. The topological polar surface area (TPSA) is 84.5 Å². The normalized spacial score (nSPS) is 9.81. The first-order chi connectivity index (χ1) is 10.0. The van der Waals surface area contributed by atoms with E-state index < -0.39 is 30.3 Å². The van der Waals surface area contributed by atoms with Crippen LogP contribution in [0.5, 0.6) is 0 Å². The third-order valence-electron chi connectivity index (χ3n) is 2.41. The zero-order chi connectivity index (χ0) is 15.7. The number of hydrogen-bond acceptors (Lipinski definition) is 4. The van der Waals surface area contributed by atoms with Crippen molar-refractivity contribution in [2.75, 3.05) is 13.2 Å². The first kappa shape index (κ1) is 16.6. The fraction of sp³-hybridized carbons (Fsp3) is 0.357. The highest BCUT2D eigenvalue weighted by Gasteiger charge is 2.11. The van der Waals surface area contributed by atoms with Crippen molar-refractivity contribution in [1.82, 2.24) is 10.6 Å². The van der Waals surface area contributed by atoms with Gasteiger partial charge in [0, 0.05) is 6.54 Å². The molecule has 114 valence electrons. The lowest BCUT2D eigenvalue weighted by Crippen LogP contribution is -2.41. The van der Waals surface area contributed by atoms with Crippen LogP contribution in [0, 0.1) is 5.82 Å². The van der Waals surface area contributed by atoms with Crippen molar-refractivity contribution in [2.45, 2.75) is 19.8 Å². The van der Waals surface area contributed by atoms with Gasteiger partial charge in [-0.2, -0.15) is 0 Å². The fourth-order valence-corrected chi connectivity index (χ4v) is 1.41. The second-order valence-corrected chi connectivity index (χ2v) is 4.27. The van der Waals surface area contributed by atoms with E-state index in [4.69, 9.17) is 4.74 Å². The van der Waals surface area contributed by atoms with Crippen LogP contribution in [0.2, 0.25) is 0 Å². The van der Waals surface area contributed by atoms with Gasteiger partial charge >= 0.3 is 12.0 Å². The molecule has 0 saturated carbocycles. The van der Waals surface area contributed by atoms with Gasteiger partial charge in [0.25, 0.3) is 5.91 Å². The Morgan fingerprint density at radius 2 is 1.86 bits per heavy atom. The van der Waals surface area contributed by atoms with Crippen LogP contribution in [0.4, 0.5) is 9.18 Å². The molecule has 0 unspecified atom stereocenters. The van der Waals surface area contributed by atoms with Gasteiger partial charge in [-0.25, -0.2) is 9.18 Å². The molecule has 0 bridgehead atoms. The van der Waals surface area contributed by atoms with Crippen LogP contribution in [0.15, 0.2) is 24.3 Å². The van der Waals surface area contributed by atoms with Crippen molar-refractivity contribution in [1.29, 1.82) is 0 Å². The van der Waals surface area contributed by atoms with Crippen LogP contribution >= 0.6 is 0 Å². The number of halogens is 1. The number of ether oxygens (including phenoxy) is 1. The maximum atomic E-state index is 12.7.